The van der Waals surface area contributed by atoms with Crippen LogP contribution in [0.5, 0.6) is 0 Å². The third-order valence-corrected chi connectivity index (χ3v) is 3.47. The Balaban J connectivity index is 2.18. The van der Waals surface area contributed by atoms with E-state index >= 15 is 0 Å². The van der Waals surface area contributed by atoms with Crippen LogP contribution in [-0.2, 0) is 14.3 Å². The van der Waals surface area contributed by atoms with Crippen LogP contribution in [0.25, 0.3) is 0 Å². The van der Waals surface area contributed by atoms with Crippen molar-refractivity contribution in [1.29, 1.82) is 0 Å². The smallest absolute Gasteiger partial charge is 0.328 e. The third kappa shape index (κ3) is 2.87. The number of amides is 1. The molecular weight excluding hydrogens is 258 g/mol. The quantitative estimate of drug-likeness (QED) is 0.475. The van der Waals surface area contributed by atoms with Gasteiger partial charge in [0.2, 0.25) is 5.78 Å². The van der Waals surface area contributed by atoms with Gasteiger partial charge in [-0.2, -0.15) is 0 Å². The predicted octanol–water partition coefficient (Wildman–Crippen LogP) is 1.42. The minimum absolute atomic E-state index is 0.340. The molecule has 106 valence electrons. The molecule has 20 heavy (non-hydrogen) atoms. The molecule has 1 aromatic rings. The van der Waals surface area contributed by atoms with Gasteiger partial charge in [0.25, 0.3) is 5.91 Å². The van der Waals surface area contributed by atoms with Crippen LogP contribution in [0.3, 0.4) is 0 Å². The van der Waals surface area contributed by atoms with Gasteiger partial charge >= 0.3 is 5.97 Å². The van der Waals surface area contributed by atoms with Gasteiger partial charge in [0.05, 0.1) is 7.11 Å². The van der Waals surface area contributed by atoms with Crippen molar-refractivity contribution in [3.63, 3.8) is 0 Å². The van der Waals surface area contributed by atoms with Crippen LogP contribution in [0.2, 0.25) is 0 Å². The molecule has 0 N–H and O–H groups in total. The monoisotopic (exact) mass is 275 g/mol. The fourth-order valence-corrected chi connectivity index (χ4v) is 2.40. The lowest BCUT2D eigenvalue weighted by Gasteiger charge is -2.33. The Kier molecular flexibility index (Phi) is 4.50. The van der Waals surface area contributed by atoms with Gasteiger partial charge < -0.3 is 9.64 Å². The maximum absolute atomic E-state index is 12.3. The molecule has 0 bridgehead atoms. The van der Waals surface area contributed by atoms with E-state index in [4.69, 9.17) is 4.74 Å². The highest BCUT2D eigenvalue weighted by Crippen LogP contribution is 2.19. The summed E-state index contributed by atoms with van der Waals surface area (Å²) in [4.78, 5) is 37.5. The number of nitrogens with zero attached hydrogens (tertiary/aromatic N) is 1. The fraction of sp³-hybridized carbons (Fsp3) is 0.400. The average molecular weight is 275 g/mol. The summed E-state index contributed by atoms with van der Waals surface area (Å²) in [5.41, 5.74) is 0.340. The summed E-state index contributed by atoms with van der Waals surface area (Å²) in [6.45, 7) is 0.414. The van der Waals surface area contributed by atoms with E-state index in [0.29, 0.717) is 18.5 Å². The normalized spacial score (nSPS) is 18.4. The molecule has 2 rings (SSSR count). The molecule has 1 aromatic carbocycles. The van der Waals surface area contributed by atoms with Gasteiger partial charge in [-0.25, -0.2) is 4.79 Å². The van der Waals surface area contributed by atoms with Crippen molar-refractivity contribution < 1.29 is 19.1 Å². The molecule has 1 saturated heterocycles. The summed E-state index contributed by atoms with van der Waals surface area (Å²) >= 11 is 0. The van der Waals surface area contributed by atoms with Crippen molar-refractivity contribution in [2.75, 3.05) is 13.7 Å². The van der Waals surface area contributed by atoms with Gasteiger partial charge in [0.15, 0.2) is 0 Å². The zero-order chi connectivity index (χ0) is 14.5. The summed E-state index contributed by atoms with van der Waals surface area (Å²) < 4.78 is 4.71. The van der Waals surface area contributed by atoms with E-state index in [9.17, 15) is 14.4 Å². The molecule has 1 heterocycles. The van der Waals surface area contributed by atoms with Crippen molar-refractivity contribution in [2.45, 2.75) is 25.3 Å². The lowest BCUT2D eigenvalue weighted by molar-refractivity contribution is -0.153. The molecule has 5 heteroatoms. The number of hydrogen-bond donors (Lipinski definition) is 0. The number of hydrogen-bond acceptors (Lipinski definition) is 4. The Morgan fingerprint density at radius 3 is 2.50 bits per heavy atom. The Labute approximate surface area is 117 Å². The Morgan fingerprint density at radius 1 is 1.15 bits per heavy atom. The van der Waals surface area contributed by atoms with Gasteiger partial charge in [-0.05, 0) is 19.3 Å². The second-order valence-corrected chi connectivity index (χ2v) is 4.73. The number of ketones is 1. The number of esters is 1. The van der Waals surface area contributed by atoms with E-state index in [2.05, 4.69) is 0 Å². The summed E-state index contributed by atoms with van der Waals surface area (Å²) in [5.74, 6) is -1.67. The molecule has 0 spiro atoms. The molecule has 1 fully saturated rings. The molecule has 0 aromatic heterocycles. The van der Waals surface area contributed by atoms with E-state index in [-0.39, 0.29) is 0 Å². The van der Waals surface area contributed by atoms with Crippen LogP contribution in [0.15, 0.2) is 30.3 Å². The first kappa shape index (κ1) is 14.2. The van der Waals surface area contributed by atoms with Gasteiger partial charge in [0.1, 0.15) is 6.04 Å². The average Bonchev–Trinajstić information content (AvgIpc) is 2.53. The summed E-state index contributed by atoms with van der Waals surface area (Å²) in [6.07, 6.45) is 2.19. The molecule has 1 unspecified atom stereocenters. The number of rotatable bonds is 3. The second kappa shape index (κ2) is 6.32. The number of Topliss-reactive ketones (excluding diaryl/α,β-unsaturated/α-hetero) is 1. The SMILES string of the molecule is COC(=O)C1CCCCN1C(=O)C(=O)c1ccccc1. The molecule has 5 nitrogen and oxygen atoms in total. The second-order valence-electron chi connectivity index (χ2n) is 4.73. The van der Waals surface area contributed by atoms with Crippen LogP contribution in [-0.4, -0.2) is 42.3 Å². The van der Waals surface area contributed by atoms with Crippen molar-refractivity contribution in [1.82, 2.24) is 4.90 Å². The van der Waals surface area contributed by atoms with Crippen molar-refractivity contribution in [2.24, 2.45) is 0 Å². The molecule has 0 aliphatic carbocycles. The van der Waals surface area contributed by atoms with Gasteiger partial charge in [0, 0.05) is 12.1 Å². The van der Waals surface area contributed by atoms with Gasteiger partial charge in [-0.15, -0.1) is 0 Å². The highest BCUT2D eigenvalue weighted by atomic mass is 16.5. The van der Waals surface area contributed by atoms with E-state index in [1.165, 1.54) is 12.0 Å². The molecule has 1 aliphatic heterocycles. The van der Waals surface area contributed by atoms with Gasteiger partial charge in [-0.3, -0.25) is 9.59 Å². The topological polar surface area (TPSA) is 63.7 Å². The van der Waals surface area contributed by atoms with Gasteiger partial charge in [-0.1, -0.05) is 30.3 Å². The van der Waals surface area contributed by atoms with Crippen molar-refractivity contribution >= 4 is 17.7 Å². The minimum atomic E-state index is -0.645. The summed E-state index contributed by atoms with van der Waals surface area (Å²) in [6, 6.07) is 7.73. The summed E-state index contributed by atoms with van der Waals surface area (Å²) in [5, 5.41) is 0. The number of likely N-dealkylation sites (tertiary alicyclic amines) is 1. The van der Waals surface area contributed by atoms with E-state index < -0.39 is 23.7 Å². The number of carbonyl (C=O) groups excluding carboxylic acids is 3. The predicted molar refractivity (Wildman–Crippen MR) is 72.1 cm³/mol. The van der Waals surface area contributed by atoms with E-state index in [1.807, 2.05) is 0 Å². The molecular formula is C15H17NO4. The van der Waals surface area contributed by atoms with Crippen molar-refractivity contribution in [3.8, 4) is 0 Å². The van der Waals surface area contributed by atoms with Crippen LogP contribution < -0.4 is 0 Å². The zero-order valence-electron chi connectivity index (χ0n) is 11.4. The first-order valence-electron chi connectivity index (χ1n) is 6.63. The Bertz CT molecular complexity index is 512. The van der Waals surface area contributed by atoms with E-state index in [1.54, 1.807) is 30.3 Å². The molecule has 1 aliphatic rings. The highest BCUT2D eigenvalue weighted by molar-refractivity contribution is 6.43. The lowest BCUT2D eigenvalue weighted by Crippen LogP contribution is -2.50. The Hall–Kier alpha value is -2.17. The number of ether oxygens (including phenoxy) is 1. The lowest BCUT2D eigenvalue weighted by atomic mass is 10.0. The maximum Gasteiger partial charge on any atom is 0.328 e. The van der Waals surface area contributed by atoms with E-state index in [0.717, 1.165) is 12.8 Å². The van der Waals surface area contributed by atoms with Crippen LogP contribution in [0.4, 0.5) is 0 Å². The third-order valence-electron chi connectivity index (χ3n) is 3.47. The standard InChI is InChI=1S/C15H17NO4/c1-20-15(19)12-9-5-6-10-16(12)14(18)13(17)11-7-3-2-4-8-11/h2-4,7-8,12H,5-6,9-10H2,1H3. The maximum atomic E-state index is 12.3. The summed E-state index contributed by atoms with van der Waals surface area (Å²) in [7, 11) is 1.29. The minimum Gasteiger partial charge on any atom is -0.467 e. The first-order valence-corrected chi connectivity index (χ1v) is 6.63. The highest BCUT2D eigenvalue weighted by Gasteiger charge is 2.35. The largest absolute Gasteiger partial charge is 0.467 e. The fourth-order valence-electron chi connectivity index (χ4n) is 2.40. The number of carbonyl (C=O) groups is 3. The first-order chi connectivity index (χ1) is 9.65. The van der Waals surface area contributed by atoms with Crippen LogP contribution >= 0.6 is 0 Å². The Morgan fingerprint density at radius 2 is 1.85 bits per heavy atom. The van der Waals surface area contributed by atoms with Crippen LogP contribution in [0, 0.1) is 0 Å². The molecule has 0 radical (unpaired) electrons. The van der Waals surface area contributed by atoms with Crippen molar-refractivity contribution in [3.05, 3.63) is 35.9 Å². The number of piperidine rings is 1. The number of benzene rings is 1. The molecule has 1 amide bonds. The molecule has 0 saturated carbocycles. The van der Waals surface area contributed by atoms with Crippen LogP contribution in [0.1, 0.15) is 29.6 Å². The zero-order valence-corrected chi connectivity index (χ0v) is 11.4. The molecule has 1 atom stereocenters. The number of methoxy groups -OCH3 is 1.